The molecular weight excluding hydrogens is 336 g/mol. The van der Waals surface area contributed by atoms with Crippen LogP contribution in [0.1, 0.15) is 29.1 Å². The van der Waals surface area contributed by atoms with Crippen molar-refractivity contribution in [2.45, 2.75) is 13.0 Å². The molecular formula is C15H17BrN2O3. The van der Waals surface area contributed by atoms with Crippen LogP contribution in [0, 0.1) is 0 Å². The van der Waals surface area contributed by atoms with Crippen molar-refractivity contribution in [1.29, 1.82) is 0 Å². The molecule has 0 radical (unpaired) electrons. The quantitative estimate of drug-likeness (QED) is 0.747. The first kappa shape index (κ1) is 15.6. The fourth-order valence-corrected chi connectivity index (χ4v) is 2.19. The van der Waals surface area contributed by atoms with Gasteiger partial charge < -0.3 is 20.2 Å². The number of carbonyl (C=O) groups is 1. The molecule has 5 nitrogen and oxygen atoms in total. The van der Waals surface area contributed by atoms with E-state index in [1.807, 2.05) is 31.2 Å². The number of furan rings is 1. The van der Waals surface area contributed by atoms with E-state index in [1.165, 1.54) is 0 Å². The summed E-state index contributed by atoms with van der Waals surface area (Å²) < 4.78 is 6.19. The van der Waals surface area contributed by atoms with Crippen LogP contribution in [0.15, 0.2) is 45.5 Å². The molecule has 1 aromatic carbocycles. The number of aliphatic hydroxyl groups is 1. The molecule has 0 aliphatic heterocycles. The van der Waals surface area contributed by atoms with E-state index in [1.54, 1.807) is 12.1 Å². The summed E-state index contributed by atoms with van der Waals surface area (Å²) in [5.41, 5.74) is 1.45. The van der Waals surface area contributed by atoms with E-state index < -0.39 is 0 Å². The molecule has 2 aromatic rings. The number of rotatable bonds is 6. The van der Waals surface area contributed by atoms with Gasteiger partial charge in [-0.3, -0.25) is 4.79 Å². The van der Waals surface area contributed by atoms with E-state index in [9.17, 15) is 4.79 Å². The molecule has 0 aliphatic rings. The fourth-order valence-electron chi connectivity index (χ4n) is 1.87. The van der Waals surface area contributed by atoms with Gasteiger partial charge in [0.25, 0.3) is 5.91 Å². The Balaban J connectivity index is 1.97. The molecule has 112 valence electrons. The number of aliphatic hydroxyl groups excluding tert-OH is 1. The van der Waals surface area contributed by atoms with Gasteiger partial charge >= 0.3 is 0 Å². The number of carbonyl (C=O) groups excluding carboxylic acids is 1. The number of nitrogens with one attached hydrogen (secondary N) is 2. The van der Waals surface area contributed by atoms with Gasteiger partial charge in [-0.05, 0) is 59.3 Å². The van der Waals surface area contributed by atoms with E-state index in [0.29, 0.717) is 10.2 Å². The average molecular weight is 353 g/mol. The average Bonchev–Trinajstić information content (AvgIpc) is 2.92. The highest BCUT2D eigenvalue weighted by atomic mass is 79.9. The number of amides is 1. The Bertz CT molecular complexity index is 595. The number of halogens is 1. The third-order valence-electron chi connectivity index (χ3n) is 2.95. The van der Waals surface area contributed by atoms with E-state index >= 15 is 0 Å². The molecule has 1 amide bonds. The highest BCUT2D eigenvalue weighted by Gasteiger charge is 2.10. The summed E-state index contributed by atoms with van der Waals surface area (Å²) in [5.74, 6) is 0.630. The maximum absolute atomic E-state index is 11.7. The van der Waals surface area contributed by atoms with Gasteiger partial charge in [0.1, 0.15) is 5.76 Å². The van der Waals surface area contributed by atoms with E-state index in [-0.39, 0.29) is 25.1 Å². The lowest BCUT2D eigenvalue weighted by Gasteiger charge is -2.13. The van der Waals surface area contributed by atoms with Gasteiger partial charge in [-0.15, -0.1) is 0 Å². The van der Waals surface area contributed by atoms with Crippen molar-refractivity contribution in [3.63, 3.8) is 0 Å². The van der Waals surface area contributed by atoms with Crippen LogP contribution in [0.5, 0.6) is 0 Å². The maximum atomic E-state index is 11.7. The van der Waals surface area contributed by atoms with E-state index in [4.69, 9.17) is 9.52 Å². The molecule has 1 atom stereocenters. The van der Waals surface area contributed by atoms with Crippen LogP contribution in [0.2, 0.25) is 0 Å². The van der Waals surface area contributed by atoms with Crippen molar-refractivity contribution in [2.24, 2.45) is 0 Å². The fraction of sp³-hybridized carbons (Fsp3) is 0.267. The van der Waals surface area contributed by atoms with Crippen LogP contribution in [-0.2, 0) is 0 Å². The predicted octanol–water partition coefficient (Wildman–Crippen LogP) is 2.94. The normalized spacial score (nSPS) is 12.0. The van der Waals surface area contributed by atoms with Gasteiger partial charge in [0.2, 0.25) is 0 Å². The summed E-state index contributed by atoms with van der Waals surface area (Å²) in [6.07, 6.45) is 0. The van der Waals surface area contributed by atoms with Gasteiger partial charge in [-0.2, -0.15) is 0 Å². The molecule has 0 bridgehead atoms. The summed E-state index contributed by atoms with van der Waals surface area (Å²) in [5, 5.41) is 14.6. The van der Waals surface area contributed by atoms with Gasteiger partial charge in [-0.25, -0.2) is 0 Å². The number of hydrogen-bond donors (Lipinski definition) is 3. The van der Waals surface area contributed by atoms with Gasteiger partial charge in [-0.1, -0.05) is 0 Å². The van der Waals surface area contributed by atoms with Gasteiger partial charge in [0, 0.05) is 17.8 Å². The second kappa shape index (κ2) is 7.28. The zero-order valence-corrected chi connectivity index (χ0v) is 13.2. The molecule has 21 heavy (non-hydrogen) atoms. The Hall–Kier alpha value is -1.79. The molecule has 0 saturated heterocycles. The minimum atomic E-state index is -0.196. The third kappa shape index (κ3) is 4.34. The molecule has 2 rings (SSSR count). The molecule has 6 heteroatoms. The third-order valence-corrected chi connectivity index (χ3v) is 3.37. The lowest BCUT2D eigenvalue weighted by molar-refractivity contribution is 0.0945. The second-order valence-corrected chi connectivity index (χ2v) is 5.35. The van der Waals surface area contributed by atoms with Crippen LogP contribution in [0.3, 0.4) is 0 Å². The topological polar surface area (TPSA) is 74.5 Å². The van der Waals surface area contributed by atoms with Crippen LogP contribution < -0.4 is 10.6 Å². The van der Waals surface area contributed by atoms with Crippen LogP contribution in [0.25, 0.3) is 0 Å². The SMILES string of the molecule is CC(Nc1ccc(C(=O)NCCO)cc1)c1ccc(Br)o1. The van der Waals surface area contributed by atoms with Crippen molar-refractivity contribution in [3.8, 4) is 0 Å². The Morgan fingerprint density at radius 2 is 2.00 bits per heavy atom. The van der Waals surface area contributed by atoms with Crippen LogP contribution in [0.4, 0.5) is 5.69 Å². The number of hydrogen-bond acceptors (Lipinski definition) is 4. The van der Waals surface area contributed by atoms with Gasteiger partial charge in [0.05, 0.1) is 12.6 Å². The van der Waals surface area contributed by atoms with Crippen molar-refractivity contribution < 1.29 is 14.3 Å². The van der Waals surface area contributed by atoms with Crippen molar-refractivity contribution in [1.82, 2.24) is 5.32 Å². The summed E-state index contributed by atoms with van der Waals surface area (Å²) >= 11 is 3.28. The minimum Gasteiger partial charge on any atom is -0.452 e. The summed E-state index contributed by atoms with van der Waals surface area (Å²) in [7, 11) is 0. The lowest BCUT2D eigenvalue weighted by atomic mass is 10.1. The van der Waals surface area contributed by atoms with Crippen molar-refractivity contribution in [2.75, 3.05) is 18.5 Å². The van der Waals surface area contributed by atoms with E-state index in [0.717, 1.165) is 11.4 Å². The minimum absolute atomic E-state index is 0.0189. The first-order chi connectivity index (χ1) is 10.1. The monoisotopic (exact) mass is 352 g/mol. The lowest BCUT2D eigenvalue weighted by Crippen LogP contribution is -2.26. The first-order valence-corrected chi connectivity index (χ1v) is 7.40. The van der Waals surface area contributed by atoms with Crippen LogP contribution >= 0.6 is 15.9 Å². The zero-order chi connectivity index (χ0) is 15.2. The van der Waals surface area contributed by atoms with Crippen molar-refractivity contribution in [3.05, 3.63) is 52.4 Å². The molecule has 0 saturated carbocycles. The number of anilines is 1. The Morgan fingerprint density at radius 1 is 1.29 bits per heavy atom. The molecule has 1 heterocycles. The molecule has 1 unspecified atom stereocenters. The molecule has 3 N–H and O–H groups in total. The standard InChI is InChI=1S/C15H17BrN2O3/c1-10(13-6-7-14(16)21-13)18-12-4-2-11(3-5-12)15(20)17-8-9-19/h2-7,10,18-19H,8-9H2,1H3,(H,17,20). The van der Waals surface area contributed by atoms with Crippen molar-refractivity contribution >= 4 is 27.5 Å². The molecule has 0 aliphatic carbocycles. The highest BCUT2D eigenvalue weighted by Crippen LogP contribution is 2.23. The zero-order valence-electron chi connectivity index (χ0n) is 11.6. The van der Waals surface area contributed by atoms with E-state index in [2.05, 4.69) is 26.6 Å². The molecule has 1 aromatic heterocycles. The Labute approximate surface area is 131 Å². The highest BCUT2D eigenvalue weighted by molar-refractivity contribution is 9.10. The maximum Gasteiger partial charge on any atom is 0.251 e. The Kier molecular flexibility index (Phi) is 5.41. The largest absolute Gasteiger partial charge is 0.452 e. The summed E-state index contributed by atoms with van der Waals surface area (Å²) in [6.45, 7) is 2.18. The Morgan fingerprint density at radius 3 is 2.57 bits per heavy atom. The smallest absolute Gasteiger partial charge is 0.251 e. The van der Waals surface area contributed by atoms with Crippen LogP contribution in [-0.4, -0.2) is 24.2 Å². The molecule has 0 fully saturated rings. The molecule has 0 spiro atoms. The van der Waals surface area contributed by atoms with Gasteiger partial charge in [0.15, 0.2) is 4.67 Å². The number of benzene rings is 1. The summed E-state index contributed by atoms with van der Waals surface area (Å²) in [6, 6.07) is 10.9. The second-order valence-electron chi connectivity index (χ2n) is 4.56. The predicted molar refractivity (Wildman–Crippen MR) is 84.3 cm³/mol. The first-order valence-electron chi connectivity index (χ1n) is 6.61. The summed E-state index contributed by atoms with van der Waals surface area (Å²) in [4.78, 5) is 11.7.